The Morgan fingerprint density at radius 3 is 2.86 bits per heavy atom. The molecule has 1 heterocycles. The van der Waals surface area contributed by atoms with Crippen molar-refractivity contribution in [3.63, 3.8) is 0 Å². The molecule has 0 saturated carbocycles. The number of nitrogens with zero attached hydrogens (tertiary/aromatic N) is 2. The van der Waals surface area contributed by atoms with Gasteiger partial charge >= 0.3 is 0 Å². The molecule has 0 aliphatic rings. The van der Waals surface area contributed by atoms with Gasteiger partial charge in [-0.1, -0.05) is 0 Å². The van der Waals surface area contributed by atoms with Crippen molar-refractivity contribution >= 4 is 0 Å². The highest BCUT2D eigenvalue weighted by molar-refractivity contribution is 5.19. The standard InChI is InChI=1S/C10H8F2N2/c11-9-1-2-10(12)8(5-9)6-14-4-3-13-7-14/h1-5,7H,6H2. The molecule has 0 spiro atoms. The van der Waals surface area contributed by atoms with Crippen LogP contribution in [0.4, 0.5) is 8.78 Å². The van der Waals surface area contributed by atoms with Crippen molar-refractivity contribution in [2.24, 2.45) is 0 Å². The summed E-state index contributed by atoms with van der Waals surface area (Å²) in [5.41, 5.74) is 0.322. The van der Waals surface area contributed by atoms with Gasteiger partial charge in [-0.2, -0.15) is 0 Å². The maximum Gasteiger partial charge on any atom is 0.128 e. The predicted octanol–water partition coefficient (Wildman–Crippen LogP) is 2.21. The van der Waals surface area contributed by atoms with Crippen LogP contribution in [0.15, 0.2) is 36.9 Å². The smallest absolute Gasteiger partial charge is 0.128 e. The van der Waals surface area contributed by atoms with Gasteiger partial charge in [-0.05, 0) is 18.2 Å². The minimum Gasteiger partial charge on any atom is -0.333 e. The summed E-state index contributed by atoms with van der Waals surface area (Å²) in [5, 5.41) is 0. The molecular weight excluding hydrogens is 186 g/mol. The number of hydrogen-bond donors (Lipinski definition) is 0. The quantitative estimate of drug-likeness (QED) is 0.716. The van der Waals surface area contributed by atoms with Crippen molar-refractivity contribution in [2.75, 3.05) is 0 Å². The fourth-order valence-corrected chi connectivity index (χ4v) is 1.24. The summed E-state index contributed by atoms with van der Waals surface area (Å²) >= 11 is 0. The van der Waals surface area contributed by atoms with Crippen molar-refractivity contribution < 1.29 is 8.78 Å². The molecule has 0 aliphatic heterocycles. The third kappa shape index (κ3) is 1.79. The Morgan fingerprint density at radius 1 is 1.29 bits per heavy atom. The van der Waals surface area contributed by atoms with Crippen LogP contribution < -0.4 is 0 Å². The first-order valence-corrected chi connectivity index (χ1v) is 4.15. The van der Waals surface area contributed by atoms with E-state index >= 15 is 0 Å². The summed E-state index contributed by atoms with van der Waals surface area (Å²) in [6.45, 7) is 0.295. The minimum absolute atomic E-state index is 0.295. The maximum atomic E-state index is 13.2. The van der Waals surface area contributed by atoms with Crippen LogP contribution >= 0.6 is 0 Å². The molecule has 0 radical (unpaired) electrons. The lowest BCUT2D eigenvalue weighted by Gasteiger charge is -2.03. The summed E-state index contributed by atoms with van der Waals surface area (Å²) < 4.78 is 27.6. The molecule has 0 fully saturated rings. The first-order chi connectivity index (χ1) is 6.75. The summed E-state index contributed by atoms with van der Waals surface area (Å²) in [4.78, 5) is 3.82. The van der Waals surface area contributed by atoms with Crippen LogP contribution in [0.25, 0.3) is 0 Å². The highest BCUT2D eigenvalue weighted by Gasteiger charge is 2.03. The van der Waals surface area contributed by atoms with Crippen LogP contribution in [0.2, 0.25) is 0 Å². The first-order valence-electron chi connectivity index (χ1n) is 4.15. The third-order valence-corrected chi connectivity index (χ3v) is 1.92. The Labute approximate surface area is 79.8 Å². The number of aromatic nitrogens is 2. The lowest BCUT2D eigenvalue weighted by molar-refractivity contribution is 0.577. The van der Waals surface area contributed by atoms with Gasteiger partial charge in [-0.15, -0.1) is 0 Å². The lowest BCUT2D eigenvalue weighted by atomic mass is 10.2. The van der Waals surface area contributed by atoms with Crippen molar-refractivity contribution in [3.05, 3.63) is 54.1 Å². The molecular formula is C10H8F2N2. The molecule has 4 heteroatoms. The van der Waals surface area contributed by atoms with E-state index in [1.54, 1.807) is 23.3 Å². The Hall–Kier alpha value is -1.71. The molecule has 2 rings (SSSR count). The van der Waals surface area contributed by atoms with Crippen molar-refractivity contribution in [1.82, 2.24) is 9.55 Å². The van der Waals surface area contributed by atoms with E-state index in [2.05, 4.69) is 4.98 Å². The summed E-state index contributed by atoms with van der Waals surface area (Å²) in [5.74, 6) is -0.832. The Bertz CT molecular complexity index is 424. The summed E-state index contributed by atoms with van der Waals surface area (Å²) in [7, 11) is 0. The Kier molecular flexibility index (Phi) is 2.26. The van der Waals surface area contributed by atoms with E-state index in [4.69, 9.17) is 0 Å². The van der Waals surface area contributed by atoms with Gasteiger partial charge in [-0.3, -0.25) is 0 Å². The number of benzene rings is 1. The van der Waals surface area contributed by atoms with E-state index < -0.39 is 11.6 Å². The van der Waals surface area contributed by atoms with E-state index in [0.29, 0.717) is 12.1 Å². The molecule has 2 aromatic rings. The van der Waals surface area contributed by atoms with Crippen LogP contribution in [-0.4, -0.2) is 9.55 Å². The van der Waals surface area contributed by atoms with Gasteiger partial charge in [0, 0.05) is 18.0 Å². The molecule has 0 saturated heterocycles. The molecule has 0 unspecified atom stereocenters. The molecule has 0 amide bonds. The maximum absolute atomic E-state index is 13.2. The van der Waals surface area contributed by atoms with E-state index in [-0.39, 0.29) is 0 Å². The zero-order chi connectivity index (χ0) is 9.97. The molecule has 0 aliphatic carbocycles. The Morgan fingerprint density at radius 2 is 2.14 bits per heavy atom. The normalized spacial score (nSPS) is 10.4. The van der Waals surface area contributed by atoms with Gasteiger partial charge in [0.2, 0.25) is 0 Å². The van der Waals surface area contributed by atoms with Gasteiger partial charge < -0.3 is 4.57 Å². The number of rotatable bonds is 2. The van der Waals surface area contributed by atoms with Crippen LogP contribution in [-0.2, 0) is 6.54 Å². The van der Waals surface area contributed by atoms with Gasteiger partial charge in [0.05, 0.1) is 12.9 Å². The largest absolute Gasteiger partial charge is 0.333 e. The highest BCUT2D eigenvalue weighted by atomic mass is 19.1. The van der Waals surface area contributed by atoms with E-state index in [0.717, 1.165) is 12.1 Å². The van der Waals surface area contributed by atoms with Crippen LogP contribution in [0.3, 0.4) is 0 Å². The van der Waals surface area contributed by atoms with Gasteiger partial charge in [-0.25, -0.2) is 13.8 Å². The number of imidazole rings is 1. The second-order valence-corrected chi connectivity index (χ2v) is 2.97. The second-order valence-electron chi connectivity index (χ2n) is 2.97. The predicted molar refractivity (Wildman–Crippen MR) is 47.7 cm³/mol. The van der Waals surface area contributed by atoms with Crippen molar-refractivity contribution in [3.8, 4) is 0 Å². The lowest BCUT2D eigenvalue weighted by Crippen LogP contribution is -1.99. The molecule has 2 nitrogen and oxygen atoms in total. The zero-order valence-corrected chi connectivity index (χ0v) is 7.32. The SMILES string of the molecule is Fc1ccc(F)c(Cn2ccnc2)c1. The van der Waals surface area contributed by atoms with Gasteiger partial charge in [0.25, 0.3) is 0 Å². The average Bonchev–Trinajstić information content (AvgIpc) is 2.64. The second kappa shape index (κ2) is 3.57. The molecule has 0 N–H and O–H groups in total. The van der Waals surface area contributed by atoms with Crippen LogP contribution in [0.5, 0.6) is 0 Å². The highest BCUT2D eigenvalue weighted by Crippen LogP contribution is 2.10. The molecule has 0 bridgehead atoms. The third-order valence-electron chi connectivity index (χ3n) is 1.92. The average molecular weight is 194 g/mol. The van der Waals surface area contributed by atoms with E-state index in [1.165, 1.54) is 6.07 Å². The minimum atomic E-state index is -0.429. The fourth-order valence-electron chi connectivity index (χ4n) is 1.24. The first kappa shape index (κ1) is 8.87. The summed E-state index contributed by atoms with van der Waals surface area (Å²) in [6, 6.07) is 3.42. The number of hydrogen-bond acceptors (Lipinski definition) is 1. The van der Waals surface area contributed by atoms with Crippen LogP contribution in [0.1, 0.15) is 5.56 Å². The molecule has 72 valence electrons. The monoisotopic (exact) mass is 194 g/mol. The zero-order valence-electron chi connectivity index (χ0n) is 7.32. The molecule has 14 heavy (non-hydrogen) atoms. The fraction of sp³-hybridized carbons (Fsp3) is 0.100. The van der Waals surface area contributed by atoms with Gasteiger partial charge in [0.15, 0.2) is 0 Å². The Balaban J connectivity index is 2.28. The van der Waals surface area contributed by atoms with Crippen LogP contribution in [0, 0.1) is 11.6 Å². The number of halogens is 2. The topological polar surface area (TPSA) is 17.8 Å². The molecule has 1 aromatic carbocycles. The summed E-state index contributed by atoms with van der Waals surface area (Å²) in [6.07, 6.45) is 4.85. The molecule has 0 atom stereocenters. The van der Waals surface area contributed by atoms with Gasteiger partial charge in [0.1, 0.15) is 11.6 Å². The molecule has 1 aromatic heterocycles. The van der Waals surface area contributed by atoms with Crippen molar-refractivity contribution in [2.45, 2.75) is 6.54 Å². The van der Waals surface area contributed by atoms with E-state index in [9.17, 15) is 8.78 Å². The van der Waals surface area contributed by atoms with E-state index in [1.807, 2.05) is 0 Å². The van der Waals surface area contributed by atoms with Crippen molar-refractivity contribution in [1.29, 1.82) is 0 Å².